The van der Waals surface area contributed by atoms with Crippen LogP contribution in [-0.4, -0.2) is 5.37 Å². The van der Waals surface area contributed by atoms with E-state index in [-0.39, 0.29) is 0 Å². The number of anilines is 1. The molecule has 0 aliphatic carbocycles. The van der Waals surface area contributed by atoms with Crippen LogP contribution in [0.25, 0.3) is 0 Å². The standard InChI is InChI=1S/C10H11NS/c1-2-5-10-11-8-6-3-4-7-9(8)12-10/h2-7,10-11H,1H3. The highest BCUT2D eigenvalue weighted by Crippen LogP contribution is 2.38. The first kappa shape index (κ1) is 7.74. The van der Waals surface area contributed by atoms with Gasteiger partial charge in [0.1, 0.15) is 0 Å². The molecule has 1 aliphatic rings. The highest BCUT2D eigenvalue weighted by Gasteiger charge is 2.17. The van der Waals surface area contributed by atoms with E-state index in [4.69, 9.17) is 0 Å². The van der Waals surface area contributed by atoms with Crippen LogP contribution in [0.1, 0.15) is 6.92 Å². The summed E-state index contributed by atoms with van der Waals surface area (Å²) in [5.74, 6) is 0. The molecule has 1 atom stereocenters. The van der Waals surface area contributed by atoms with Crippen molar-refractivity contribution in [2.75, 3.05) is 5.32 Å². The van der Waals surface area contributed by atoms with Crippen molar-refractivity contribution in [2.45, 2.75) is 17.2 Å². The Morgan fingerprint density at radius 2 is 2.25 bits per heavy atom. The number of nitrogens with one attached hydrogen (secondary N) is 1. The fraction of sp³-hybridized carbons (Fsp3) is 0.200. The molecule has 1 aliphatic heterocycles. The summed E-state index contributed by atoms with van der Waals surface area (Å²) in [5.41, 5.74) is 1.26. The summed E-state index contributed by atoms with van der Waals surface area (Å²) in [6, 6.07) is 8.40. The van der Waals surface area contributed by atoms with Crippen molar-refractivity contribution < 1.29 is 0 Å². The summed E-state index contributed by atoms with van der Waals surface area (Å²) in [4.78, 5) is 1.35. The van der Waals surface area contributed by atoms with Crippen LogP contribution in [0.3, 0.4) is 0 Å². The molecule has 0 aromatic heterocycles. The van der Waals surface area contributed by atoms with Crippen LogP contribution >= 0.6 is 11.8 Å². The lowest BCUT2D eigenvalue weighted by molar-refractivity contribution is 1.27. The van der Waals surface area contributed by atoms with E-state index in [1.165, 1.54) is 10.6 Å². The Morgan fingerprint density at radius 1 is 1.42 bits per heavy atom. The van der Waals surface area contributed by atoms with Crippen LogP contribution in [0.2, 0.25) is 0 Å². The smallest absolute Gasteiger partial charge is 0.0956 e. The van der Waals surface area contributed by atoms with Gasteiger partial charge in [0.05, 0.1) is 5.37 Å². The molecule has 12 heavy (non-hydrogen) atoms. The molecule has 0 spiro atoms. The second-order valence-corrected chi connectivity index (χ2v) is 3.89. The number of para-hydroxylation sites is 1. The van der Waals surface area contributed by atoms with Crippen molar-refractivity contribution in [3.05, 3.63) is 36.4 Å². The number of benzene rings is 1. The van der Waals surface area contributed by atoms with Crippen LogP contribution < -0.4 is 5.32 Å². The molecule has 2 heteroatoms. The number of fused-ring (bicyclic) bond motifs is 1. The maximum atomic E-state index is 3.41. The van der Waals surface area contributed by atoms with E-state index in [1.807, 2.05) is 18.7 Å². The van der Waals surface area contributed by atoms with Crippen LogP contribution in [0, 0.1) is 0 Å². The van der Waals surface area contributed by atoms with Crippen LogP contribution in [0.15, 0.2) is 41.3 Å². The summed E-state index contributed by atoms with van der Waals surface area (Å²) in [7, 11) is 0. The van der Waals surface area contributed by atoms with Gasteiger partial charge in [0.2, 0.25) is 0 Å². The maximum absolute atomic E-state index is 3.41. The lowest BCUT2D eigenvalue weighted by Gasteiger charge is -2.01. The Balaban J connectivity index is 2.22. The normalized spacial score (nSPS) is 20.9. The van der Waals surface area contributed by atoms with E-state index >= 15 is 0 Å². The zero-order valence-corrected chi connectivity index (χ0v) is 7.77. The Kier molecular flexibility index (Phi) is 2.09. The van der Waals surface area contributed by atoms with Crippen LogP contribution in [0.4, 0.5) is 5.69 Å². The number of hydrogen-bond donors (Lipinski definition) is 1. The quantitative estimate of drug-likeness (QED) is 0.661. The molecule has 0 radical (unpaired) electrons. The van der Waals surface area contributed by atoms with Crippen molar-refractivity contribution in [1.82, 2.24) is 0 Å². The zero-order valence-electron chi connectivity index (χ0n) is 6.95. The SMILES string of the molecule is CC=CC1Nc2ccccc2S1. The number of thioether (sulfide) groups is 1. The fourth-order valence-electron chi connectivity index (χ4n) is 1.27. The average molecular weight is 177 g/mol. The Morgan fingerprint density at radius 3 is 3.00 bits per heavy atom. The van der Waals surface area contributed by atoms with Gasteiger partial charge in [-0.15, -0.1) is 0 Å². The summed E-state index contributed by atoms with van der Waals surface area (Å²) in [6.45, 7) is 2.05. The topological polar surface area (TPSA) is 12.0 Å². The van der Waals surface area contributed by atoms with Gasteiger partial charge < -0.3 is 5.32 Å². The second kappa shape index (κ2) is 3.23. The third kappa shape index (κ3) is 1.34. The van der Waals surface area contributed by atoms with Crippen LogP contribution in [-0.2, 0) is 0 Å². The Hall–Kier alpha value is -0.890. The van der Waals surface area contributed by atoms with Crippen molar-refractivity contribution in [2.24, 2.45) is 0 Å². The van der Waals surface area contributed by atoms with Crippen molar-refractivity contribution in [3.8, 4) is 0 Å². The molecule has 1 nitrogen and oxygen atoms in total. The molecule has 1 aromatic carbocycles. The molecule has 1 N–H and O–H groups in total. The molecule has 1 unspecified atom stereocenters. The lowest BCUT2D eigenvalue weighted by Crippen LogP contribution is -2.04. The molecule has 0 saturated carbocycles. The molecule has 0 saturated heterocycles. The van der Waals surface area contributed by atoms with E-state index in [0.29, 0.717) is 5.37 Å². The van der Waals surface area contributed by atoms with Gasteiger partial charge in [-0.05, 0) is 19.1 Å². The van der Waals surface area contributed by atoms with Crippen LogP contribution in [0.5, 0.6) is 0 Å². The first-order valence-corrected chi connectivity index (χ1v) is 4.93. The minimum Gasteiger partial charge on any atom is -0.369 e. The van der Waals surface area contributed by atoms with Crippen molar-refractivity contribution in [1.29, 1.82) is 0 Å². The van der Waals surface area contributed by atoms with Gasteiger partial charge in [0, 0.05) is 10.6 Å². The van der Waals surface area contributed by atoms with E-state index in [9.17, 15) is 0 Å². The monoisotopic (exact) mass is 177 g/mol. The van der Waals surface area contributed by atoms with E-state index in [0.717, 1.165) is 0 Å². The van der Waals surface area contributed by atoms with Gasteiger partial charge in [-0.3, -0.25) is 0 Å². The van der Waals surface area contributed by atoms with Crippen molar-refractivity contribution >= 4 is 17.4 Å². The average Bonchev–Trinajstić information content (AvgIpc) is 2.47. The van der Waals surface area contributed by atoms with Crippen molar-refractivity contribution in [3.63, 3.8) is 0 Å². The maximum Gasteiger partial charge on any atom is 0.0956 e. The molecule has 62 valence electrons. The predicted molar refractivity (Wildman–Crippen MR) is 54.5 cm³/mol. The fourth-order valence-corrected chi connectivity index (χ4v) is 2.38. The summed E-state index contributed by atoms with van der Waals surface area (Å²) < 4.78 is 0. The molecule has 1 aromatic rings. The third-order valence-electron chi connectivity index (χ3n) is 1.81. The number of hydrogen-bond acceptors (Lipinski definition) is 2. The highest BCUT2D eigenvalue weighted by molar-refractivity contribution is 8.00. The molecule has 1 heterocycles. The molecule has 0 fully saturated rings. The first-order valence-electron chi connectivity index (χ1n) is 4.05. The second-order valence-electron chi connectivity index (χ2n) is 2.70. The van der Waals surface area contributed by atoms with E-state index in [1.54, 1.807) is 0 Å². The summed E-state index contributed by atoms with van der Waals surface area (Å²) in [5, 5.41) is 3.84. The summed E-state index contributed by atoms with van der Waals surface area (Å²) >= 11 is 1.86. The van der Waals surface area contributed by atoms with E-state index < -0.39 is 0 Å². The number of rotatable bonds is 1. The predicted octanol–water partition coefficient (Wildman–Crippen LogP) is 3.11. The third-order valence-corrected chi connectivity index (χ3v) is 2.94. The molecule has 2 rings (SSSR count). The zero-order chi connectivity index (χ0) is 8.39. The van der Waals surface area contributed by atoms with Gasteiger partial charge in [-0.1, -0.05) is 36.0 Å². The van der Waals surface area contributed by atoms with Gasteiger partial charge in [-0.25, -0.2) is 0 Å². The first-order chi connectivity index (χ1) is 5.90. The largest absolute Gasteiger partial charge is 0.369 e. The van der Waals surface area contributed by atoms with E-state index in [2.05, 4.69) is 41.7 Å². The minimum absolute atomic E-state index is 0.424. The van der Waals surface area contributed by atoms with Gasteiger partial charge in [0.15, 0.2) is 0 Å². The Bertz CT molecular complexity index is 281. The lowest BCUT2D eigenvalue weighted by atomic mass is 10.3. The van der Waals surface area contributed by atoms with Gasteiger partial charge in [-0.2, -0.15) is 0 Å². The molecule has 0 bridgehead atoms. The molecular weight excluding hydrogens is 166 g/mol. The highest BCUT2D eigenvalue weighted by atomic mass is 32.2. The summed E-state index contributed by atoms with van der Waals surface area (Å²) in [6.07, 6.45) is 4.25. The molecule has 0 amide bonds. The van der Waals surface area contributed by atoms with Gasteiger partial charge >= 0.3 is 0 Å². The Labute approximate surface area is 76.9 Å². The number of allylic oxidation sites excluding steroid dienone is 1. The molecular formula is C10H11NS. The van der Waals surface area contributed by atoms with Gasteiger partial charge in [0.25, 0.3) is 0 Å². The minimum atomic E-state index is 0.424.